The summed E-state index contributed by atoms with van der Waals surface area (Å²) in [5.41, 5.74) is -0.565. The number of rotatable bonds is 7. The van der Waals surface area contributed by atoms with Gasteiger partial charge in [0, 0.05) is 0 Å². The first kappa shape index (κ1) is 16.9. The molecule has 2 N–H and O–H groups in total. The van der Waals surface area contributed by atoms with Crippen molar-refractivity contribution in [1.82, 2.24) is 0 Å². The van der Waals surface area contributed by atoms with Gasteiger partial charge in [0.2, 0.25) is 0 Å². The largest absolute Gasteiger partial charge is 0.328 e. The van der Waals surface area contributed by atoms with Gasteiger partial charge in [-0.1, -0.05) is 44.2 Å². The van der Waals surface area contributed by atoms with Crippen molar-refractivity contribution in [1.29, 1.82) is 5.26 Å². The normalized spacial score (nSPS) is 13.8. The Bertz CT molecular complexity index is 500. The lowest BCUT2D eigenvalue weighted by atomic mass is 9.79. The molecule has 0 radical (unpaired) electrons. The summed E-state index contributed by atoms with van der Waals surface area (Å²) in [6.07, 6.45) is 1.74. The molecule has 1 rings (SSSR count). The van der Waals surface area contributed by atoms with E-state index in [4.69, 9.17) is 0 Å². The van der Waals surface area contributed by atoms with Gasteiger partial charge in [0.15, 0.2) is 0 Å². The van der Waals surface area contributed by atoms with Crippen LogP contribution in [0.4, 0.5) is 0 Å². The van der Waals surface area contributed by atoms with Gasteiger partial charge in [-0.25, -0.2) is 0 Å². The summed E-state index contributed by atoms with van der Waals surface area (Å²) < 4.78 is 11.7. The zero-order chi connectivity index (χ0) is 15.2. The second-order valence-corrected chi connectivity index (χ2v) is 7.14. The Labute approximate surface area is 120 Å². The average Bonchev–Trinajstić information content (AvgIpc) is 2.44. The van der Waals surface area contributed by atoms with Crippen molar-refractivity contribution < 1.29 is 14.4 Å². The molecule has 110 valence electrons. The van der Waals surface area contributed by atoms with Crippen molar-refractivity contribution in [2.75, 3.05) is 0 Å². The molecular weight excluding hydrogens is 273 g/mol. The molecule has 0 saturated carbocycles. The fraction of sp³-hybridized carbons (Fsp3) is 0.533. The summed E-state index contributed by atoms with van der Waals surface area (Å²) in [4.78, 5) is 19.2. The van der Waals surface area contributed by atoms with E-state index in [-0.39, 0.29) is 6.42 Å². The third-order valence-corrected chi connectivity index (χ3v) is 5.32. The van der Waals surface area contributed by atoms with Gasteiger partial charge < -0.3 is 9.79 Å². The minimum absolute atomic E-state index is 0.232. The maximum Gasteiger partial charge on any atom is 0.328 e. The van der Waals surface area contributed by atoms with Gasteiger partial charge in [-0.05, 0) is 31.2 Å². The zero-order valence-electron chi connectivity index (χ0n) is 12.0. The summed E-state index contributed by atoms with van der Waals surface area (Å²) >= 11 is 0. The SMILES string of the molecule is CCC(C#N)(CC)CC(Cc1ccccc1)P(=O)(O)O. The van der Waals surface area contributed by atoms with Crippen LogP contribution in [0.15, 0.2) is 30.3 Å². The number of benzene rings is 1. The van der Waals surface area contributed by atoms with Crippen molar-refractivity contribution in [2.24, 2.45) is 5.41 Å². The molecule has 0 spiro atoms. The maximum absolute atomic E-state index is 11.7. The molecule has 0 heterocycles. The molecule has 1 atom stereocenters. The summed E-state index contributed by atoms with van der Waals surface area (Å²) in [5.74, 6) is 0. The molecule has 0 amide bonds. The minimum atomic E-state index is -4.23. The van der Waals surface area contributed by atoms with Crippen LogP contribution in [0.5, 0.6) is 0 Å². The third-order valence-electron chi connectivity index (χ3n) is 4.01. The van der Waals surface area contributed by atoms with E-state index in [1.165, 1.54) is 0 Å². The quantitative estimate of drug-likeness (QED) is 0.754. The van der Waals surface area contributed by atoms with Crippen molar-refractivity contribution in [3.05, 3.63) is 35.9 Å². The molecule has 0 saturated heterocycles. The van der Waals surface area contributed by atoms with Crippen LogP contribution in [0, 0.1) is 16.7 Å². The van der Waals surface area contributed by atoms with E-state index in [2.05, 4.69) is 6.07 Å². The van der Waals surface area contributed by atoms with E-state index < -0.39 is 18.7 Å². The first-order valence-corrected chi connectivity index (χ1v) is 8.55. The van der Waals surface area contributed by atoms with E-state index in [1.807, 2.05) is 44.2 Å². The van der Waals surface area contributed by atoms with Crippen molar-refractivity contribution >= 4 is 7.60 Å². The summed E-state index contributed by atoms with van der Waals surface area (Å²) in [7, 11) is -4.23. The Balaban J connectivity index is 2.98. The highest BCUT2D eigenvalue weighted by Crippen LogP contribution is 2.49. The maximum atomic E-state index is 11.7. The number of nitrogens with zero attached hydrogens (tertiary/aromatic N) is 1. The van der Waals surface area contributed by atoms with Crippen molar-refractivity contribution in [3.8, 4) is 6.07 Å². The molecule has 0 aliphatic carbocycles. The third kappa shape index (κ3) is 4.45. The standard InChI is InChI=1S/C15H22NO3P/c1-3-15(4-2,12-16)11-14(20(17,18)19)10-13-8-6-5-7-9-13/h5-9,14H,3-4,10-11H2,1-2H3,(H2,17,18,19). The monoisotopic (exact) mass is 295 g/mol. The fourth-order valence-corrected chi connectivity index (χ4v) is 3.43. The van der Waals surface area contributed by atoms with Crippen LogP contribution in [-0.4, -0.2) is 15.4 Å². The summed E-state index contributed by atoms with van der Waals surface area (Å²) in [6.45, 7) is 3.79. The first-order chi connectivity index (χ1) is 9.37. The smallest absolute Gasteiger partial charge is 0.324 e. The summed E-state index contributed by atoms with van der Waals surface area (Å²) in [5, 5.41) is 9.35. The molecule has 1 unspecified atom stereocenters. The van der Waals surface area contributed by atoms with Crippen LogP contribution < -0.4 is 0 Å². The molecule has 0 aliphatic heterocycles. The Hall–Kier alpha value is -1.14. The van der Waals surface area contributed by atoms with Gasteiger partial charge in [-0.2, -0.15) is 5.26 Å². The Kier molecular flexibility index (Phi) is 5.95. The predicted molar refractivity (Wildman–Crippen MR) is 79.2 cm³/mol. The fourth-order valence-electron chi connectivity index (χ4n) is 2.39. The van der Waals surface area contributed by atoms with E-state index in [1.54, 1.807) is 0 Å². The Morgan fingerprint density at radius 2 is 1.80 bits per heavy atom. The number of nitriles is 1. The molecule has 1 aromatic rings. The van der Waals surface area contributed by atoms with Crippen LogP contribution in [-0.2, 0) is 11.0 Å². The second kappa shape index (κ2) is 7.04. The zero-order valence-corrected chi connectivity index (χ0v) is 12.9. The van der Waals surface area contributed by atoms with Crippen LogP contribution in [0.3, 0.4) is 0 Å². The van der Waals surface area contributed by atoms with E-state index in [0.717, 1.165) is 5.56 Å². The lowest BCUT2D eigenvalue weighted by Crippen LogP contribution is -2.25. The molecule has 0 fully saturated rings. The topological polar surface area (TPSA) is 81.3 Å². The molecule has 0 aromatic heterocycles. The van der Waals surface area contributed by atoms with Crippen LogP contribution in [0.2, 0.25) is 0 Å². The van der Waals surface area contributed by atoms with Gasteiger partial charge in [0.1, 0.15) is 0 Å². The second-order valence-electron chi connectivity index (χ2n) is 5.24. The average molecular weight is 295 g/mol. The molecule has 0 aliphatic rings. The van der Waals surface area contributed by atoms with Gasteiger partial charge in [-0.15, -0.1) is 0 Å². The molecule has 20 heavy (non-hydrogen) atoms. The van der Waals surface area contributed by atoms with E-state index >= 15 is 0 Å². The van der Waals surface area contributed by atoms with E-state index in [0.29, 0.717) is 19.3 Å². The summed E-state index contributed by atoms with van der Waals surface area (Å²) in [6, 6.07) is 11.5. The molecule has 5 heteroatoms. The first-order valence-electron chi connectivity index (χ1n) is 6.87. The van der Waals surface area contributed by atoms with Gasteiger partial charge in [0.25, 0.3) is 0 Å². The Morgan fingerprint density at radius 3 is 2.20 bits per heavy atom. The van der Waals surface area contributed by atoms with Crippen LogP contribution in [0.25, 0.3) is 0 Å². The van der Waals surface area contributed by atoms with E-state index in [9.17, 15) is 19.6 Å². The van der Waals surface area contributed by atoms with Crippen molar-refractivity contribution in [2.45, 2.75) is 45.2 Å². The van der Waals surface area contributed by atoms with Crippen LogP contribution >= 0.6 is 7.60 Å². The lowest BCUT2D eigenvalue weighted by molar-refractivity contribution is 0.294. The van der Waals surface area contributed by atoms with Crippen LogP contribution in [0.1, 0.15) is 38.7 Å². The Morgan fingerprint density at radius 1 is 1.25 bits per heavy atom. The van der Waals surface area contributed by atoms with Gasteiger partial charge in [0.05, 0.1) is 17.1 Å². The molecule has 1 aromatic carbocycles. The van der Waals surface area contributed by atoms with Crippen molar-refractivity contribution in [3.63, 3.8) is 0 Å². The van der Waals surface area contributed by atoms with Gasteiger partial charge in [-0.3, -0.25) is 4.57 Å². The molecule has 4 nitrogen and oxygen atoms in total. The minimum Gasteiger partial charge on any atom is -0.324 e. The van der Waals surface area contributed by atoms with Gasteiger partial charge >= 0.3 is 7.60 Å². The lowest BCUT2D eigenvalue weighted by Gasteiger charge is -2.29. The highest BCUT2D eigenvalue weighted by Gasteiger charge is 2.37. The molecule has 0 bridgehead atoms. The predicted octanol–water partition coefficient (Wildman–Crippen LogP) is 3.50. The highest BCUT2D eigenvalue weighted by atomic mass is 31.2. The molecular formula is C15H22NO3P. The highest BCUT2D eigenvalue weighted by molar-refractivity contribution is 7.52. The number of hydrogen-bond donors (Lipinski definition) is 2. The number of hydrogen-bond acceptors (Lipinski definition) is 2.